The SMILES string of the molecule is N#Cc1c(N)c(I)cc(I)c1N1CCc2nc(-c3cc(I)c(N4CCCC4)nc3F)sc2C1=O. The van der Waals surface area contributed by atoms with Crippen LogP contribution in [0.2, 0.25) is 0 Å². The predicted molar refractivity (Wildman–Crippen MR) is 156 cm³/mol. The molecular formula is C22H16FI3N6OS. The molecule has 2 aliphatic heterocycles. The molecule has 4 heterocycles. The number of nitrogens with zero attached hydrogens (tertiary/aromatic N) is 5. The summed E-state index contributed by atoms with van der Waals surface area (Å²) in [5.41, 5.74) is 8.26. The van der Waals surface area contributed by atoms with Gasteiger partial charge in [0.25, 0.3) is 5.91 Å². The minimum atomic E-state index is -0.579. The first-order valence-electron chi connectivity index (χ1n) is 10.4. The van der Waals surface area contributed by atoms with Crippen molar-refractivity contribution in [2.75, 3.05) is 35.2 Å². The molecule has 0 atom stereocenters. The van der Waals surface area contributed by atoms with Crippen LogP contribution in [0.3, 0.4) is 0 Å². The first-order chi connectivity index (χ1) is 16.3. The van der Waals surface area contributed by atoms with Crippen molar-refractivity contribution in [3.63, 3.8) is 0 Å². The van der Waals surface area contributed by atoms with Gasteiger partial charge in [0, 0.05) is 33.2 Å². The molecule has 2 N–H and O–H groups in total. The second kappa shape index (κ2) is 9.62. The first-order valence-corrected chi connectivity index (χ1v) is 14.5. The monoisotopic (exact) mass is 812 g/mol. The minimum Gasteiger partial charge on any atom is -0.397 e. The van der Waals surface area contributed by atoms with Crippen LogP contribution in [0.4, 0.5) is 21.6 Å². The van der Waals surface area contributed by atoms with E-state index in [0.29, 0.717) is 56.9 Å². The molecule has 0 bridgehead atoms. The largest absolute Gasteiger partial charge is 0.397 e. The summed E-state index contributed by atoms with van der Waals surface area (Å²) >= 11 is 7.56. The Hall–Kier alpha value is -1.32. The fraction of sp³-hybridized carbons (Fsp3) is 0.273. The van der Waals surface area contributed by atoms with Crippen molar-refractivity contribution < 1.29 is 9.18 Å². The number of carbonyl (C=O) groups is 1. The van der Waals surface area contributed by atoms with E-state index in [1.165, 1.54) is 11.3 Å². The molecule has 2 aliphatic rings. The zero-order chi connectivity index (χ0) is 24.1. The molecule has 0 saturated carbocycles. The Kier molecular flexibility index (Phi) is 6.90. The van der Waals surface area contributed by atoms with Gasteiger partial charge in [0.15, 0.2) is 0 Å². The van der Waals surface area contributed by atoms with Gasteiger partial charge < -0.3 is 15.5 Å². The van der Waals surface area contributed by atoms with E-state index in [1.807, 2.05) is 6.07 Å². The van der Waals surface area contributed by atoms with Crippen LogP contribution in [0.5, 0.6) is 0 Å². The van der Waals surface area contributed by atoms with Crippen molar-refractivity contribution in [1.29, 1.82) is 5.26 Å². The highest BCUT2D eigenvalue weighted by molar-refractivity contribution is 14.1. The molecule has 5 rings (SSSR count). The maximum atomic E-state index is 15.1. The lowest BCUT2D eigenvalue weighted by molar-refractivity contribution is 0.0984. The molecule has 0 unspecified atom stereocenters. The molecule has 0 radical (unpaired) electrons. The quantitative estimate of drug-likeness (QED) is 0.216. The molecule has 1 saturated heterocycles. The van der Waals surface area contributed by atoms with Gasteiger partial charge in [0.05, 0.1) is 26.2 Å². The van der Waals surface area contributed by atoms with Crippen LogP contribution >= 0.6 is 79.1 Å². The van der Waals surface area contributed by atoms with Crippen LogP contribution in [-0.2, 0) is 6.42 Å². The average Bonchev–Trinajstić information content (AvgIpc) is 3.48. The van der Waals surface area contributed by atoms with Gasteiger partial charge in [-0.1, -0.05) is 0 Å². The average molecular weight is 812 g/mol. The third-order valence-electron chi connectivity index (χ3n) is 5.88. The number of anilines is 3. The van der Waals surface area contributed by atoms with Crippen molar-refractivity contribution in [2.45, 2.75) is 19.3 Å². The molecule has 2 aromatic heterocycles. The predicted octanol–water partition coefficient (Wildman–Crippen LogP) is 5.41. The van der Waals surface area contributed by atoms with Crippen molar-refractivity contribution in [1.82, 2.24) is 9.97 Å². The van der Waals surface area contributed by atoms with E-state index in [1.54, 1.807) is 11.0 Å². The summed E-state index contributed by atoms with van der Waals surface area (Å²) in [5.74, 6) is -0.168. The Morgan fingerprint density at radius 2 is 1.82 bits per heavy atom. The van der Waals surface area contributed by atoms with Gasteiger partial charge in [-0.2, -0.15) is 9.65 Å². The fourth-order valence-electron chi connectivity index (χ4n) is 4.22. The number of pyridine rings is 1. The maximum Gasteiger partial charge on any atom is 0.270 e. The van der Waals surface area contributed by atoms with Gasteiger partial charge >= 0.3 is 0 Å². The van der Waals surface area contributed by atoms with Crippen molar-refractivity contribution >= 4 is 102 Å². The molecule has 3 aromatic rings. The molecular weight excluding hydrogens is 796 g/mol. The van der Waals surface area contributed by atoms with E-state index >= 15 is 4.39 Å². The highest BCUT2D eigenvalue weighted by Crippen LogP contribution is 2.40. The number of aromatic nitrogens is 2. The number of rotatable bonds is 3. The molecule has 1 aromatic carbocycles. The van der Waals surface area contributed by atoms with Crippen molar-refractivity contribution in [2.24, 2.45) is 0 Å². The summed E-state index contributed by atoms with van der Waals surface area (Å²) in [5, 5.41) is 10.2. The Labute approximate surface area is 240 Å². The number of hydrogen-bond donors (Lipinski definition) is 1. The van der Waals surface area contributed by atoms with Gasteiger partial charge in [0.2, 0.25) is 5.95 Å². The summed E-state index contributed by atoms with van der Waals surface area (Å²) in [4.78, 5) is 26.5. The number of thiazole rings is 1. The Bertz CT molecular complexity index is 1380. The van der Waals surface area contributed by atoms with Gasteiger partial charge in [-0.15, -0.1) is 11.3 Å². The lowest BCUT2D eigenvalue weighted by Gasteiger charge is -2.28. The highest BCUT2D eigenvalue weighted by Gasteiger charge is 2.33. The summed E-state index contributed by atoms with van der Waals surface area (Å²) < 4.78 is 17.5. The number of benzene rings is 1. The normalized spacial score (nSPS) is 15.6. The standard InChI is InChI=1S/C22H16FI3N6OS/c23-19-10(7-14(26)20(30-19)31-4-1-2-5-31)21-29-15-3-6-32(22(33)18(15)34-21)17-11(9-27)16(28)12(24)8-13(17)25/h7-8H,1-6,28H2. The fourth-order valence-corrected chi connectivity index (χ4v) is 8.11. The number of halogens is 4. The summed E-state index contributed by atoms with van der Waals surface area (Å²) in [6.07, 6.45) is 2.66. The van der Waals surface area contributed by atoms with Crippen LogP contribution in [0, 0.1) is 28.0 Å². The molecule has 1 fully saturated rings. The van der Waals surface area contributed by atoms with E-state index in [9.17, 15) is 10.1 Å². The zero-order valence-electron chi connectivity index (χ0n) is 17.5. The van der Waals surface area contributed by atoms with Crippen LogP contribution in [0.1, 0.15) is 33.8 Å². The molecule has 1 amide bonds. The number of nitrogens with two attached hydrogens (primary N) is 1. The number of fused-ring (bicyclic) bond motifs is 1. The minimum absolute atomic E-state index is 0.253. The van der Waals surface area contributed by atoms with Crippen LogP contribution in [-0.4, -0.2) is 35.5 Å². The van der Waals surface area contributed by atoms with Gasteiger partial charge in [-0.3, -0.25) is 4.79 Å². The molecule has 174 valence electrons. The highest BCUT2D eigenvalue weighted by atomic mass is 127. The number of nitrogen functional groups attached to an aromatic ring is 1. The molecule has 7 nitrogen and oxygen atoms in total. The van der Waals surface area contributed by atoms with Gasteiger partial charge in [-0.25, -0.2) is 9.97 Å². The van der Waals surface area contributed by atoms with E-state index in [4.69, 9.17) is 5.73 Å². The summed E-state index contributed by atoms with van der Waals surface area (Å²) in [6, 6.07) is 5.78. The van der Waals surface area contributed by atoms with E-state index in [-0.39, 0.29) is 5.91 Å². The Morgan fingerprint density at radius 3 is 2.53 bits per heavy atom. The number of nitriles is 1. The molecule has 12 heteroatoms. The second-order valence-corrected chi connectivity index (χ2v) is 12.4. The third kappa shape index (κ3) is 4.15. The molecule has 34 heavy (non-hydrogen) atoms. The Morgan fingerprint density at radius 1 is 1.09 bits per heavy atom. The van der Waals surface area contributed by atoms with Crippen molar-refractivity contribution in [3.05, 3.63) is 44.9 Å². The van der Waals surface area contributed by atoms with E-state index in [0.717, 1.165) is 36.6 Å². The number of hydrogen-bond acceptors (Lipinski definition) is 7. The van der Waals surface area contributed by atoms with Crippen LogP contribution in [0.15, 0.2) is 12.1 Å². The zero-order valence-corrected chi connectivity index (χ0v) is 24.8. The van der Waals surface area contributed by atoms with E-state index < -0.39 is 5.95 Å². The van der Waals surface area contributed by atoms with Gasteiger partial charge in [0.1, 0.15) is 27.3 Å². The van der Waals surface area contributed by atoms with E-state index in [2.05, 4.69) is 88.7 Å². The van der Waals surface area contributed by atoms with Crippen LogP contribution in [0.25, 0.3) is 10.6 Å². The topological polar surface area (TPSA) is 99.1 Å². The smallest absolute Gasteiger partial charge is 0.270 e. The molecule has 0 spiro atoms. The maximum absolute atomic E-state index is 15.1. The lowest BCUT2D eigenvalue weighted by atomic mass is 10.1. The first kappa shape index (κ1) is 24.4. The van der Waals surface area contributed by atoms with Gasteiger partial charge in [-0.05, 0) is 92.7 Å². The Balaban J connectivity index is 1.52. The second-order valence-electron chi connectivity index (χ2n) is 7.92. The third-order valence-corrected chi connectivity index (χ3v) is 9.51. The number of carbonyl (C=O) groups excluding carboxylic acids is 1. The van der Waals surface area contributed by atoms with Crippen LogP contribution < -0.4 is 15.5 Å². The lowest BCUT2D eigenvalue weighted by Crippen LogP contribution is -2.38. The number of amides is 1. The summed E-state index contributed by atoms with van der Waals surface area (Å²) in [7, 11) is 0. The molecule has 0 aliphatic carbocycles. The van der Waals surface area contributed by atoms with Crippen molar-refractivity contribution in [3.8, 4) is 16.6 Å². The summed E-state index contributed by atoms with van der Waals surface area (Å²) in [6.45, 7) is 2.13.